The monoisotopic (exact) mass is 220 g/mol. The number of nitrogens with two attached hydrogens (primary N) is 1. The fraction of sp³-hybridized carbons (Fsp3) is 0.417. The molecule has 0 aromatic heterocycles. The largest absolute Gasteiger partial charge is 0.467 e. The van der Waals surface area contributed by atoms with Crippen LogP contribution in [0.1, 0.15) is 12.8 Å². The van der Waals surface area contributed by atoms with Crippen molar-refractivity contribution in [2.24, 2.45) is 0 Å². The molecule has 1 fully saturated rings. The minimum Gasteiger partial charge on any atom is -0.467 e. The van der Waals surface area contributed by atoms with E-state index in [0.717, 1.165) is 30.8 Å². The number of rotatable bonds is 2. The summed E-state index contributed by atoms with van der Waals surface area (Å²) in [4.78, 5) is 13.7. The van der Waals surface area contributed by atoms with Gasteiger partial charge in [0.1, 0.15) is 6.04 Å². The lowest BCUT2D eigenvalue weighted by molar-refractivity contribution is -0.141. The molecule has 4 heteroatoms. The van der Waals surface area contributed by atoms with Gasteiger partial charge in [-0.05, 0) is 37.1 Å². The quantitative estimate of drug-likeness (QED) is 0.605. The summed E-state index contributed by atoms with van der Waals surface area (Å²) in [5.41, 5.74) is 7.40. The third-order valence-corrected chi connectivity index (χ3v) is 2.95. The molecule has 0 saturated carbocycles. The van der Waals surface area contributed by atoms with Gasteiger partial charge in [0, 0.05) is 17.9 Å². The first-order valence-corrected chi connectivity index (χ1v) is 5.42. The van der Waals surface area contributed by atoms with E-state index in [4.69, 9.17) is 10.5 Å². The SMILES string of the molecule is COC(=O)C1CCCN1c1ccc(N)cc1. The van der Waals surface area contributed by atoms with Gasteiger partial charge < -0.3 is 15.4 Å². The topological polar surface area (TPSA) is 55.6 Å². The van der Waals surface area contributed by atoms with Crippen molar-refractivity contribution >= 4 is 17.3 Å². The average molecular weight is 220 g/mol. The lowest BCUT2D eigenvalue weighted by atomic mass is 10.2. The Bertz CT molecular complexity index is 375. The lowest BCUT2D eigenvalue weighted by Gasteiger charge is -2.24. The minimum absolute atomic E-state index is 0.145. The lowest BCUT2D eigenvalue weighted by Crippen LogP contribution is -2.36. The zero-order chi connectivity index (χ0) is 11.5. The van der Waals surface area contributed by atoms with Crippen LogP contribution in [0.5, 0.6) is 0 Å². The molecule has 0 bridgehead atoms. The van der Waals surface area contributed by atoms with Crippen molar-refractivity contribution in [1.29, 1.82) is 0 Å². The first-order chi connectivity index (χ1) is 7.72. The van der Waals surface area contributed by atoms with Crippen LogP contribution in [-0.2, 0) is 9.53 Å². The van der Waals surface area contributed by atoms with Gasteiger partial charge in [0.15, 0.2) is 0 Å². The van der Waals surface area contributed by atoms with E-state index in [2.05, 4.69) is 4.90 Å². The molecule has 1 saturated heterocycles. The molecule has 1 aliphatic rings. The third-order valence-electron chi connectivity index (χ3n) is 2.95. The minimum atomic E-state index is -0.158. The van der Waals surface area contributed by atoms with E-state index < -0.39 is 0 Å². The Morgan fingerprint density at radius 1 is 1.44 bits per heavy atom. The number of esters is 1. The Labute approximate surface area is 95.0 Å². The van der Waals surface area contributed by atoms with Crippen LogP contribution in [0.15, 0.2) is 24.3 Å². The molecule has 1 aromatic rings. The Morgan fingerprint density at radius 3 is 2.75 bits per heavy atom. The summed E-state index contributed by atoms with van der Waals surface area (Å²) in [5, 5.41) is 0. The van der Waals surface area contributed by atoms with Crippen LogP contribution >= 0.6 is 0 Å². The molecule has 86 valence electrons. The maximum Gasteiger partial charge on any atom is 0.328 e. The molecule has 1 atom stereocenters. The fourth-order valence-electron chi connectivity index (χ4n) is 2.12. The van der Waals surface area contributed by atoms with E-state index >= 15 is 0 Å². The van der Waals surface area contributed by atoms with Crippen molar-refractivity contribution in [2.45, 2.75) is 18.9 Å². The summed E-state index contributed by atoms with van der Waals surface area (Å²) in [6.45, 7) is 0.893. The highest BCUT2D eigenvalue weighted by Gasteiger charge is 2.31. The van der Waals surface area contributed by atoms with Gasteiger partial charge in [-0.3, -0.25) is 0 Å². The van der Waals surface area contributed by atoms with Crippen LogP contribution < -0.4 is 10.6 Å². The molecule has 0 aliphatic carbocycles. The van der Waals surface area contributed by atoms with Crippen LogP contribution in [-0.4, -0.2) is 25.7 Å². The van der Waals surface area contributed by atoms with E-state index in [9.17, 15) is 4.79 Å². The summed E-state index contributed by atoms with van der Waals surface area (Å²) in [5.74, 6) is -0.158. The Morgan fingerprint density at radius 2 is 2.12 bits per heavy atom. The molecule has 0 spiro atoms. The molecule has 1 aromatic carbocycles. The van der Waals surface area contributed by atoms with Crippen LogP contribution in [0.2, 0.25) is 0 Å². The van der Waals surface area contributed by atoms with E-state index in [0.29, 0.717) is 0 Å². The summed E-state index contributed by atoms with van der Waals surface area (Å²) in [6, 6.07) is 7.44. The van der Waals surface area contributed by atoms with Gasteiger partial charge in [0.05, 0.1) is 7.11 Å². The van der Waals surface area contributed by atoms with Crippen molar-refractivity contribution in [3.05, 3.63) is 24.3 Å². The van der Waals surface area contributed by atoms with Gasteiger partial charge in [0.2, 0.25) is 0 Å². The van der Waals surface area contributed by atoms with Gasteiger partial charge in [-0.15, -0.1) is 0 Å². The predicted octanol–water partition coefficient (Wildman–Crippen LogP) is 1.41. The van der Waals surface area contributed by atoms with Gasteiger partial charge >= 0.3 is 5.97 Å². The van der Waals surface area contributed by atoms with Crippen LogP contribution in [0.3, 0.4) is 0 Å². The van der Waals surface area contributed by atoms with Crippen molar-refractivity contribution in [3.8, 4) is 0 Å². The number of anilines is 2. The average Bonchev–Trinajstić information content (AvgIpc) is 2.78. The first kappa shape index (κ1) is 10.8. The number of nitrogen functional groups attached to an aromatic ring is 1. The predicted molar refractivity (Wildman–Crippen MR) is 63.2 cm³/mol. The molecule has 2 rings (SSSR count). The van der Waals surface area contributed by atoms with Crippen LogP contribution in [0, 0.1) is 0 Å². The number of nitrogens with zero attached hydrogens (tertiary/aromatic N) is 1. The molecule has 16 heavy (non-hydrogen) atoms. The Balaban J connectivity index is 2.19. The molecule has 2 N–H and O–H groups in total. The maximum absolute atomic E-state index is 11.6. The number of benzene rings is 1. The summed E-state index contributed by atoms with van der Waals surface area (Å²) >= 11 is 0. The molecule has 0 amide bonds. The second kappa shape index (κ2) is 4.43. The van der Waals surface area contributed by atoms with Crippen LogP contribution in [0.25, 0.3) is 0 Å². The zero-order valence-corrected chi connectivity index (χ0v) is 9.35. The fourth-order valence-corrected chi connectivity index (χ4v) is 2.12. The number of hydrogen-bond donors (Lipinski definition) is 1. The standard InChI is InChI=1S/C12H16N2O2/c1-16-12(15)11-3-2-8-14(11)10-6-4-9(13)5-7-10/h4-7,11H,2-3,8,13H2,1H3. The molecule has 1 heterocycles. The number of ether oxygens (including phenoxy) is 1. The van der Waals surface area contributed by atoms with E-state index in [-0.39, 0.29) is 12.0 Å². The summed E-state index contributed by atoms with van der Waals surface area (Å²) < 4.78 is 4.80. The van der Waals surface area contributed by atoms with Crippen molar-refractivity contribution < 1.29 is 9.53 Å². The Hall–Kier alpha value is -1.71. The highest BCUT2D eigenvalue weighted by Crippen LogP contribution is 2.26. The smallest absolute Gasteiger partial charge is 0.328 e. The zero-order valence-electron chi connectivity index (χ0n) is 9.35. The van der Waals surface area contributed by atoms with Gasteiger partial charge in [-0.25, -0.2) is 4.79 Å². The molecular weight excluding hydrogens is 204 g/mol. The number of carbonyl (C=O) groups excluding carboxylic acids is 1. The van der Waals surface area contributed by atoms with E-state index in [1.807, 2.05) is 24.3 Å². The first-order valence-electron chi connectivity index (χ1n) is 5.42. The van der Waals surface area contributed by atoms with Gasteiger partial charge in [0.25, 0.3) is 0 Å². The molecule has 4 nitrogen and oxygen atoms in total. The highest BCUT2D eigenvalue weighted by molar-refractivity contribution is 5.80. The molecule has 0 radical (unpaired) electrons. The van der Waals surface area contributed by atoms with E-state index in [1.54, 1.807) is 0 Å². The third kappa shape index (κ3) is 1.96. The molecular formula is C12H16N2O2. The van der Waals surface area contributed by atoms with E-state index in [1.165, 1.54) is 7.11 Å². The second-order valence-electron chi connectivity index (χ2n) is 3.97. The van der Waals surface area contributed by atoms with Crippen molar-refractivity contribution in [3.63, 3.8) is 0 Å². The van der Waals surface area contributed by atoms with Crippen molar-refractivity contribution in [2.75, 3.05) is 24.3 Å². The van der Waals surface area contributed by atoms with Crippen LogP contribution in [0.4, 0.5) is 11.4 Å². The number of carbonyl (C=O) groups is 1. The highest BCUT2D eigenvalue weighted by atomic mass is 16.5. The number of hydrogen-bond acceptors (Lipinski definition) is 4. The summed E-state index contributed by atoms with van der Waals surface area (Å²) in [7, 11) is 1.43. The van der Waals surface area contributed by atoms with Gasteiger partial charge in [-0.2, -0.15) is 0 Å². The second-order valence-corrected chi connectivity index (χ2v) is 3.97. The normalized spacial score (nSPS) is 19.8. The number of methoxy groups -OCH3 is 1. The Kier molecular flexibility index (Phi) is 2.99. The molecule has 1 unspecified atom stereocenters. The van der Waals surface area contributed by atoms with Crippen molar-refractivity contribution in [1.82, 2.24) is 0 Å². The summed E-state index contributed by atoms with van der Waals surface area (Å²) in [6.07, 6.45) is 1.88. The molecule has 1 aliphatic heterocycles. The van der Waals surface area contributed by atoms with Gasteiger partial charge in [-0.1, -0.05) is 0 Å². The maximum atomic E-state index is 11.6.